The van der Waals surface area contributed by atoms with Crippen molar-refractivity contribution in [3.8, 4) is 0 Å². The van der Waals surface area contributed by atoms with Crippen LogP contribution in [0.2, 0.25) is 0 Å². The van der Waals surface area contributed by atoms with Crippen LogP contribution in [0.4, 0.5) is 5.69 Å². The van der Waals surface area contributed by atoms with Gasteiger partial charge in [-0.25, -0.2) is 0 Å². The van der Waals surface area contributed by atoms with Gasteiger partial charge in [-0.2, -0.15) is 0 Å². The summed E-state index contributed by atoms with van der Waals surface area (Å²) in [5.74, 6) is 1.31. The second-order valence-electron chi connectivity index (χ2n) is 13.4. The van der Waals surface area contributed by atoms with Crippen LogP contribution in [-0.2, 0) is 0 Å². The predicted octanol–water partition coefficient (Wildman–Crippen LogP) is 11.1. The van der Waals surface area contributed by atoms with Gasteiger partial charge in [0.05, 0.1) is 17.1 Å². The van der Waals surface area contributed by atoms with Crippen LogP contribution in [0.25, 0.3) is 27.5 Å². The van der Waals surface area contributed by atoms with E-state index in [9.17, 15) is 0 Å². The summed E-state index contributed by atoms with van der Waals surface area (Å²) in [5.41, 5.74) is 12.7. The van der Waals surface area contributed by atoms with Crippen LogP contribution < -0.4 is 4.90 Å². The van der Waals surface area contributed by atoms with Gasteiger partial charge in [-0.1, -0.05) is 110 Å². The molecule has 0 amide bonds. The standard InChI is InChI=1S/C43H40N2/c1-29-14-2-9-21-38(29)44-40-23-11-8-20-36(40)37-27-26-30(28-43(37)44)31-15-3-4-16-32(31)33-17-5-10-22-39(33)45-41-24-12-6-18-34(41)35-19-7-13-25-42(35)45/h2,6-9,11-13,16-29,31,36,40H,3-5,10,14-15H2,1H3/t29-,31?,36?,40?/m0/s1. The molecule has 2 nitrogen and oxygen atoms in total. The van der Waals surface area contributed by atoms with Crippen molar-refractivity contribution >= 4 is 33.2 Å². The largest absolute Gasteiger partial charge is 0.337 e. The summed E-state index contributed by atoms with van der Waals surface area (Å²) in [5, 5.41) is 2.66. The molecule has 9 rings (SSSR count). The van der Waals surface area contributed by atoms with E-state index < -0.39 is 0 Å². The number of para-hydroxylation sites is 2. The molecule has 4 atom stereocenters. The van der Waals surface area contributed by atoms with Crippen molar-refractivity contribution in [2.45, 2.75) is 63.3 Å². The van der Waals surface area contributed by atoms with Gasteiger partial charge in [0.1, 0.15) is 0 Å². The molecule has 0 N–H and O–H groups in total. The van der Waals surface area contributed by atoms with Gasteiger partial charge >= 0.3 is 0 Å². The molecule has 0 fully saturated rings. The highest BCUT2D eigenvalue weighted by atomic mass is 15.2. The lowest BCUT2D eigenvalue weighted by Crippen LogP contribution is -2.35. The van der Waals surface area contributed by atoms with Crippen molar-refractivity contribution in [3.05, 3.63) is 155 Å². The smallest absolute Gasteiger partial charge is 0.0626 e. The summed E-state index contributed by atoms with van der Waals surface area (Å²) >= 11 is 0. The van der Waals surface area contributed by atoms with Gasteiger partial charge in [0.2, 0.25) is 0 Å². The highest BCUT2D eigenvalue weighted by Gasteiger charge is 2.40. The Hall–Kier alpha value is -4.56. The third-order valence-electron chi connectivity index (χ3n) is 10.9. The molecule has 1 aliphatic heterocycles. The Kier molecular flexibility index (Phi) is 6.44. The van der Waals surface area contributed by atoms with Gasteiger partial charge in [0.15, 0.2) is 0 Å². The number of hydrogen-bond donors (Lipinski definition) is 0. The average Bonchev–Trinajstić information content (AvgIpc) is 3.61. The molecule has 3 aromatic carbocycles. The third kappa shape index (κ3) is 4.22. The lowest BCUT2D eigenvalue weighted by atomic mass is 9.76. The van der Waals surface area contributed by atoms with E-state index in [2.05, 4.69) is 144 Å². The van der Waals surface area contributed by atoms with Gasteiger partial charge in [-0.15, -0.1) is 0 Å². The van der Waals surface area contributed by atoms with Crippen LogP contribution in [0.1, 0.15) is 68.4 Å². The maximum atomic E-state index is 2.67. The predicted molar refractivity (Wildman–Crippen MR) is 190 cm³/mol. The van der Waals surface area contributed by atoms with Gasteiger partial charge < -0.3 is 9.47 Å². The zero-order chi connectivity index (χ0) is 29.9. The lowest BCUT2D eigenvalue weighted by molar-refractivity contribution is 0.612. The van der Waals surface area contributed by atoms with Gasteiger partial charge in [0.25, 0.3) is 0 Å². The maximum Gasteiger partial charge on any atom is 0.0626 e. The molecule has 5 aliphatic rings. The van der Waals surface area contributed by atoms with E-state index >= 15 is 0 Å². The normalized spacial score (nSPS) is 25.6. The first-order valence-corrected chi connectivity index (χ1v) is 17.0. The molecule has 222 valence electrons. The van der Waals surface area contributed by atoms with Crippen molar-refractivity contribution in [1.82, 2.24) is 4.57 Å². The number of hydrogen-bond acceptors (Lipinski definition) is 1. The summed E-state index contributed by atoms with van der Waals surface area (Å²) < 4.78 is 2.54. The SMILES string of the molecule is C[C@H]1CC=CC=C1N1c2cc(C3CCCC=C3C3=CCCC=C3n3c4ccccc4c4ccccc43)ccc2C2C=CC=CC21. The molecule has 0 bridgehead atoms. The fourth-order valence-electron chi connectivity index (χ4n) is 8.76. The second-order valence-corrected chi connectivity index (χ2v) is 13.4. The molecule has 45 heavy (non-hydrogen) atoms. The number of nitrogens with zero attached hydrogens (tertiary/aromatic N) is 2. The summed E-state index contributed by atoms with van der Waals surface area (Å²) in [6.07, 6.45) is 30.7. The number of anilines is 1. The van der Waals surface area contributed by atoms with Crippen LogP contribution >= 0.6 is 0 Å². The topological polar surface area (TPSA) is 8.17 Å². The molecule has 1 aromatic heterocycles. The van der Waals surface area contributed by atoms with Crippen molar-refractivity contribution < 1.29 is 0 Å². The summed E-state index contributed by atoms with van der Waals surface area (Å²) in [4.78, 5) is 2.67. The van der Waals surface area contributed by atoms with E-state index in [4.69, 9.17) is 0 Å². The maximum absolute atomic E-state index is 2.67. The van der Waals surface area contributed by atoms with Crippen LogP contribution in [0.5, 0.6) is 0 Å². The Balaban J connectivity index is 1.15. The molecular weight excluding hydrogens is 544 g/mol. The minimum atomic E-state index is 0.354. The monoisotopic (exact) mass is 584 g/mol. The Labute approximate surface area is 266 Å². The number of allylic oxidation sites excluding steroid dienone is 12. The van der Waals surface area contributed by atoms with Crippen LogP contribution in [-0.4, -0.2) is 10.6 Å². The third-order valence-corrected chi connectivity index (χ3v) is 10.9. The first-order valence-electron chi connectivity index (χ1n) is 17.0. The van der Waals surface area contributed by atoms with Crippen molar-refractivity contribution in [3.63, 3.8) is 0 Å². The Morgan fingerprint density at radius 3 is 2.36 bits per heavy atom. The van der Waals surface area contributed by atoms with Crippen LogP contribution in [0, 0.1) is 5.92 Å². The quantitative estimate of drug-likeness (QED) is 0.232. The van der Waals surface area contributed by atoms with Gasteiger partial charge in [-0.3, -0.25) is 0 Å². The molecular formula is C43H40N2. The molecule has 4 aromatic rings. The highest BCUT2D eigenvalue weighted by Crippen LogP contribution is 2.51. The molecule has 4 aliphatic carbocycles. The molecule has 3 unspecified atom stereocenters. The summed E-state index contributed by atoms with van der Waals surface area (Å²) in [6.45, 7) is 2.38. The van der Waals surface area contributed by atoms with Crippen LogP contribution in [0.3, 0.4) is 0 Å². The Morgan fingerprint density at radius 2 is 1.53 bits per heavy atom. The van der Waals surface area contributed by atoms with Crippen molar-refractivity contribution in [1.29, 1.82) is 0 Å². The number of fused-ring (bicyclic) bond motifs is 6. The van der Waals surface area contributed by atoms with E-state index in [1.165, 1.54) is 74.0 Å². The second kappa shape index (κ2) is 10.8. The number of rotatable bonds is 4. The van der Waals surface area contributed by atoms with E-state index in [1.807, 2.05) is 0 Å². The zero-order valence-corrected chi connectivity index (χ0v) is 26.1. The van der Waals surface area contributed by atoms with E-state index in [0.717, 1.165) is 25.7 Å². The Bertz CT molecular complexity index is 2000. The minimum Gasteiger partial charge on any atom is -0.337 e. The van der Waals surface area contributed by atoms with Gasteiger partial charge in [-0.05, 0) is 91.0 Å². The van der Waals surface area contributed by atoms with E-state index in [1.54, 1.807) is 0 Å². The first-order chi connectivity index (χ1) is 22.3. The lowest BCUT2D eigenvalue weighted by Gasteiger charge is -2.35. The molecule has 0 spiro atoms. The molecule has 0 saturated heterocycles. The van der Waals surface area contributed by atoms with E-state index in [-0.39, 0.29) is 0 Å². The Morgan fingerprint density at radius 1 is 0.756 bits per heavy atom. The van der Waals surface area contributed by atoms with E-state index in [0.29, 0.717) is 23.8 Å². The fourth-order valence-corrected chi connectivity index (χ4v) is 8.76. The van der Waals surface area contributed by atoms with Crippen LogP contribution in [0.15, 0.2) is 144 Å². The molecule has 0 radical (unpaired) electrons. The first kappa shape index (κ1) is 26.8. The van der Waals surface area contributed by atoms with Crippen molar-refractivity contribution in [2.75, 3.05) is 4.90 Å². The van der Waals surface area contributed by atoms with Crippen molar-refractivity contribution in [2.24, 2.45) is 5.92 Å². The number of benzene rings is 3. The zero-order valence-electron chi connectivity index (χ0n) is 26.1. The molecule has 0 saturated carbocycles. The number of aromatic nitrogens is 1. The molecule has 2 heteroatoms. The highest BCUT2D eigenvalue weighted by molar-refractivity contribution is 6.11. The fraction of sp³-hybridized carbons (Fsp3) is 0.256. The summed E-state index contributed by atoms with van der Waals surface area (Å²) in [6, 6.07) is 25.7. The molecule has 2 heterocycles. The minimum absolute atomic E-state index is 0.354. The summed E-state index contributed by atoms with van der Waals surface area (Å²) in [7, 11) is 0. The van der Waals surface area contributed by atoms with Gasteiger partial charge in [0, 0.05) is 39.7 Å². The average molecular weight is 585 g/mol.